The van der Waals surface area contributed by atoms with E-state index in [2.05, 4.69) is 37.0 Å². The Morgan fingerprint density at radius 1 is 1.04 bits per heavy atom. The number of carbonyl (C=O) groups is 1. The zero-order valence-corrected chi connectivity index (χ0v) is 29.9. The number of aromatic amines is 1. The van der Waals surface area contributed by atoms with Gasteiger partial charge in [0.15, 0.2) is 11.5 Å². The van der Waals surface area contributed by atoms with Gasteiger partial charge in [0, 0.05) is 96.4 Å². The molecule has 15 heteroatoms. The van der Waals surface area contributed by atoms with Crippen LogP contribution < -0.4 is 25.2 Å². The third-order valence-electron chi connectivity index (χ3n) is 10.00. The van der Waals surface area contributed by atoms with Crippen molar-refractivity contribution < 1.29 is 27.4 Å². The van der Waals surface area contributed by atoms with E-state index in [4.69, 9.17) is 9.47 Å². The van der Waals surface area contributed by atoms with Crippen molar-refractivity contribution in [2.24, 2.45) is 5.92 Å². The van der Waals surface area contributed by atoms with E-state index in [-0.39, 0.29) is 31.1 Å². The number of ether oxygens (including phenoxy) is 2. The number of fused-ring (bicyclic) bond motifs is 1. The van der Waals surface area contributed by atoms with Gasteiger partial charge >= 0.3 is 6.18 Å². The molecule has 11 nitrogen and oxygen atoms in total. The standard InChI is InChI=1S/C35H44F3N7O4S/c1-6-43-11-13-45(14-12-43)33-40-17-23(18-41-33)26-16-25(31(46)39-19-27-28(50-5)15-21(2)42-32(27)47)22(3)29-30(26)49-34(4,48-29)24-7-9-44(10-8-24)20-35(36,37)38/h15-18,24H,6-14,19-20H2,1-5H3,(H,39,46)(H,42,47)/t34-/m0/s1. The van der Waals surface area contributed by atoms with E-state index in [1.54, 1.807) is 25.4 Å². The number of H-pyrrole nitrogens is 1. The van der Waals surface area contributed by atoms with Gasteiger partial charge in [-0.3, -0.25) is 14.5 Å². The van der Waals surface area contributed by atoms with Crippen LogP contribution in [0.2, 0.25) is 0 Å². The monoisotopic (exact) mass is 715 g/mol. The summed E-state index contributed by atoms with van der Waals surface area (Å²) in [6, 6.07) is 3.61. The van der Waals surface area contributed by atoms with Crippen molar-refractivity contribution in [3.63, 3.8) is 0 Å². The van der Waals surface area contributed by atoms with Crippen molar-refractivity contribution in [1.29, 1.82) is 0 Å². The number of piperidine rings is 1. The van der Waals surface area contributed by atoms with E-state index in [1.807, 2.05) is 26.2 Å². The Morgan fingerprint density at radius 2 is 1.70 bits per heavy atom. The number of halogens is 3. The molecule has 0 unspecified atom stereocenters. The zero-order valence-electron chi connectivity index (χ0n) is 29.1. The number of rotatable bonds is 9. The molecule has 6 rings (SSSR count). The molecule has 50 heavy (non-hydrogen) atoms. The number of alkyl halides is 3. The van der Waals surface area contributed by atoms with Gasteiger partial charge in [-0.05, 0) is 64.7 Å². The third kappa shape index (κ3) is 7.59. The largest absolute Gasteiger partial charge is 0.448 e. The van der Waals surface area contributed by atoms with Crippen LogP contribution in [0, 0.1) is 19.8 Å². The molecule has 2 aromatic heterocycles. The van der Waals surface area contributed by atoms with Crippen LogP contribution >= 0.6 is 11.8 Å². The van der Waals surface area contributed by atoms with E-state index < -0.39 is 24.4 Å². The number of hydrogen-bond acceptors (Lipinski definition) is 10. The number of aryl methyl sites for hydroxylation is 1. The highest BCUT2D eigenvalue weighted by molar-refractivity contribution is 7.98. The van der Waals surface area contributed by atoms with Crippen LogP contribution in [0.5, 0.6) is 11.5 Å². The molecule has 270 valence electrons. The number of likely N-dealkylation sites (tertiary alicyclic amines) is 1. The summed E-state index contributed by atoms with van der Waals surface area (Å²) in [6.45, 7) is 11.6. The van der Waals surface area contributed by atoms with Gasteiger partial charge in [-0.15, -0.1) is 11.8 Å². The molecule has 0 aliphatic carbocycles. The van der Waals surface area contributed by atoms with Crippen LogP contribution in [0.25, 0.3) is 11.1 Å². The van der Waals surface area contributed by atoms with Crippen molar-refractivity contribution in [1.82, 2.24) is 30.1 Å². The number of anilines is 1. The summed E-state index contributed by atoms with van der Waals surface area (Å²) in [5.74, 6) is -0.307. The highest BCUT2D eigenvalue weighted by Gasteiger charge is 2.48. The average Bonchev–Trinajstić information content (AvgIpc) is 3.46. The number of benzene rings is 1. The number of aromatic nitrogens is 3. The van der Waals surface area contributed by atoms with E-state index >= 15 is 0 Å². The molecule has 3 aromatic rings. The molecule has 3 aliphatic rings. The van der Waals surface area contributed by atoms with Gasteiger partial charge in [-0.2, -0.15) is 13.2 Å². The lowest BCUT2D eigenvalue weighted by molar-refractivity contribution is -0.159. The molecule has 5 heterocycles. The molecule has 3 aliphatic heterocycles. The van der Waals surface area contributed by atoms with Crippen LogP contribution in [0.4, 0.5) is 19.1 Å². The predicted molar refractivity (Wildman–Crippen MR) is 186 cm³/mol. The second-order valence-corrected chi connectivity index (χ2v) is 14.2. The average molecular weight is 716 g/mol. The van der Waals surface area contributed by atoms with Crippen molar-refractivity contribution >= 4 is 23.6 Å². The number of pyridine rings is 1. The molecule has 1 amide bonds. The number of likely N-dealkylation sites (N-methyl/N-ethyl adjacent to an activating group) is 1. The molecule has 2 saturated heterocycles. The number of carbonyl (C=O) groups excluding carboxylic acids is 1. The third-order valence-corrected chi connectivity index (χ3v) is 10.8. The predicted octanol–water partition coefficient (Wildman–Crippen LogP) is 5.00. The lowest BCUT2D eigenvalue weighted by Crippen LogP contribution is -2.49. The van der Waals surface area contributed by atoms with E-state index in [9.17, 15) is 22.8 Å². The highest BCUT2D eigenvalue weighted by Crippen LogP contribution is 2.52. The molecule has 0 spiro atoms. The van der Waals surface area contributed by atoms with E-state index in [0.717, 1.165) is 43.3 Å². The van der Waals surface area contributed by atoms with Crippen LogP contribution in [-0.4, -0.2) is 101 Å². The van der Waals surface area contributed by atoms with Crippen molar-refractivity contribution in [2.45, 2.75) is 63.9 Å². The molecular formula is C35H44F3N7O4S. The molecule has 2 N–H and O–H groups in total. The fraction of sp³-hybridized carbons (Fsp3) is 0.543. The van der Waals surface area contributed by atoms with Crippen molar-refractivity contribution in [3.8, 4) is 22.6 Å². The van der Waals surface area contributed by atoms with Gasteiger partial charge in [-0.25, -0.2) is 9.97 Å². The first-order valence-corrected chi connectivity index (χ1v) is 18.2. The minimum absolute atomic E-state index is 0.0190. The second-order valence-electron chi connectivity index (χ2n) is 13.3. The molecule has 2 fully saturated rings. The van der Waals surface area contributed by atoms with Gasteiger partial charge < -0.3 is 29.6 Å². The molecule has 0 saturated carbocycles. The Bertz CT molecular complexity index is 1770. The maximum absolute atomic E-state index is 13.9. The van der Waals surface area contributed by atoms with E-state index in [1.165, 1.54) is 16.7 Å². The van der Waals surface area contributed by atoms with Crippen molar-refractivity contribution in [2.75, 3.05) is 63.5 Å². The van der Waals surface area contributed by atoms with Crippen LogP contribution in [0.3, 0.4) is 0 Å². The summed E-state index contributed by atoms with van der Waals surface area (Å²) in [5, 5.41) is 2.92. The Morgan fingerprint density at radius 3 is 2.32 bits per heavy atom. The summed E-state index contributed by atoms with van der Waals surface area (Å²) in [4.78, 5) is 45.5. The van der Waals surface area contributed by atoms with Gasteiger partial charge in [-0.1, -0.05) is 6.92 Å². The highest BCUT2D eigenvalue weighted by atomic mass is 32.2. The van der Waals surface area contributed by atoms with Gasteiger partial charge in [0.25, 0.3) is 17.3 Å². The first kappa shape index (κ1) is 36.0. The summed E-state index contributed by atoms with van der Waals surface area (Å²) >= 11 is 1.43. The van der Waals surface area contributed by atoms with Crippen LogP contribution in [-0.2, 0) is 6.54 Å². The Hall–Kier alpha value is -3.82. The summed E-state index contributed by atoms with van der Waals surface area (Å²) < 4.78 is 52.4. The summed E-state index contributed by atoms with van der Waals surface area (Å²) in [5.41, 5.74) is 3.00. The topological polar surface area (TPSA) is 116 Å². The summed E-state index contributed by atoms with van der Waals surface area (Å²) in [7, 11) is 0. The lowest BCUT2D eigenvalue weighted by Gasteiger charge is -2.39. The van der Waals surface area contributed by atoms with Gasteiger partial charge in [0.2, 0.25) is 5.95 Å². The molecular weight excluding hydrogens is 671 g/mol. The Kier molecular flexibility index (Phi) is 10.4. The molecule has 0 radical (unpaired) electrons. The van der Waals surface area contributed by atoms with Crippen LogP contribution in [0.15, 0.2) is 34.2 Å². The first-order valence-electron chi connectivity index (χ1n) is 17.0. The number of nitrogens with one attached hydrogen (secondary N) is 2. The maximum Gasteiger partial charge on any atom is 0.401 e. The van der Waals surface area contributed by atoms with Gasteiger partial charge in [0.05, 0.1) is 6.54 Å². The first-order chi connectivity index (χ1) is 23.8. The van der Waals surface area contributed by atoms with Gasteiger partial charge in [0.1, 0.15) is 0 Å². The minimum Gasteiger partial charge on any atom is -0.448 e. The van der Waals surface area contributed by atoms with Crippen LogP contribution in [0.1, 0.15) is 53.9 Å². The number of hydrogen-bond donors (Lipinski definition) is 2. The fourth-order valence-corrected chi connectivity index (χ4v) is 7.76. The molecule has 0 bridgehead atoms. The molecule has 1 aromatic carbocycles. The number of piperazine rings is 1. The summed E-state index contributed by atoms with van der Waals surface area (Å²) in [6.07, 6.45) is 1.95. The van der Waals surface area contributed by atoms with E-state index in [0.29, 0.717) is 58.1 Å². The fourth-order valence-electron chi connectivity index (χ4n) is 7.06. The number of nitrogens with zero attached hydrogens (tertiary/aromatic N) is 5. The van der Waals surface area contributed by atoms with Crippen molar-refractivity contribution in [3.05, 3.63) is 57.3 Å². The quantitative estimate of drug-likeness (QED) is 0.293. The maximum atomic E-state index is 13.9. The Balaban J connectivity index is 1.30. The zero-order chi connectivity index (χ0) is 35.8. The number of amides is 1. The smallest absolute Gasteiger partial charge is 0.401 e. The molecule has 1 atom stereocenters. The normalized spacial score (nSPS) is 20.4. The SMILES string of the molecule is CCN1CCN(c2ncc(-c3cc(C(=O)NCc4c(SC)cc(C)[nH]c4=O)c(C)c4c3O[C@@](C)(C3CCN(CC(F)(F)F)CC3)O4)cn2)CC1. The Labute approximate surface area is 293 Å². The minimum atomic E-state index is -4.26. The lowest BCUT2D eigenvalue weighted by atomic mass is 9.89. The number of thioether (sulfide) groups is 1. The second kappa shape index (κ2) is 14.4.